The Balaban J connectivity index is 2.07. The van der Waals surface area contributed by atoms with Crippen LogP contribution >= 0.6 is 11.8 Å². The molecule has 2 bridgehead atoms. The molecular weight excluding hydrogens is 448 g/mol. The molecule has 170 valence electrons. The predicted molar refractivity (Wildman–Crippen MR) is 100 cm³/mol. The van der Waals surface area contributed by atoms with Gasteiger partial charge >= 0.3 is 18.3 Å². The fourth-order valence-electron chi connectivity index (χ4n) is 4.12. The molecule has 0 saturated carbocycles. The molecule has 1 N–H and O–H groups in total. The van der Waals surface area contributed by atoms with Gasteiger partial charge in [-0.05, 0) is 13.0 Å². The molecule has 12 heteroatoms. The molecule has 0 amide bonds. The SMILES string of the molecule is CCOC(=O)[C@@H]1S[C@]2(C(F)(F)C(F)F)C[C@]1(O)c1c(c(OC)c3occc3c1OC)O2. The van der Waals surface area contributed by atoms with Crippen LogP contribution in [0.5, 0.6) is 17.2 Å². The van der Waals surface area contributed by atoms with Gasteiger partial charge in [-0.1, -0.05) is 11.8 Å². The van der Waals surface area contributed by atoms with E-state index in [1.165, 1.54) is 33.5 Å². The van der Waals surface area contributed by atoms with E-state index < -0.39 is 46.3 Å². The number of alkyl halides is 4. The molecule has 2 aliphatic heterocycles. The Bertz CT molecular complexity index is 1040. The van der Waals surface area contributed by atoms with Crippen molar-refractivity contribution in [2.45, 2.75) is 41.5 Å². The summed E-state index contributed by atoms with van der Waals surface area (Å²) < 4.78 is 83.0. The van der Waals surface area contributed by atoms with E-state index in [1.807, 2.05) is 0 Å². The van der Waals surface area contributed by atoms with E-state index in [1.54, 1.807) is 0 Å². The minimum absolute atomic E-state index is 0.0205. The van der Waals surface area contributed by atoms with Crippen molar-refractivity contribution >= 4 is 28.7 Å². The van der Waals surface area contributed by atoms with Crippen LogP contribution in [-0.4, -0.2) is 54.4 Å². The van der Waals surface area contributed by atoms with Crippen molar-refractivity contribution in [1.82, 2.24) is 0 Å². The van der Waals surface area contributed by atoms with Gasteiger partial charge in [-0.25, -0.2) is 8.78 Å². The van der Waals surface area contributed by atoms with Crippen LogP contribution in [0.1, 0.15) is 18.9 Å². The number of carbonyl (C=O) groups is 1. The van der Waals surface area contributed by atoms with Crippen LogP contribution in [0.15, 0.2) is 16.7 Å². The second-order valence-electron chi connectivity index (χ2n) is 7.06. The number of esters is 1. The Morgan fingerprint density at radius 3 is 2.61 bits per heavy atom. The molecule has 0 radical (unpaired) electrons. The Kier molecular flexibility index (Phi) is 5.00. The average molecular weight is 466 g/mol. The standard InChI is InChI=1S/C19H18F4O7S/c1-4-28-15(24)14-17(25)7-18(31-14,19(22,23)16(20)21)30-12-9(17)10(26-2)8-5-6-29-11(8)13(12)27-3/h5-6,14,16,25H,4,7H2,1-3H3/t14-,17-,18-/m0/s1. The zero-order valence-corrected chi connectivity index (χ0v) is 17.4. The van der Waals surface area contributed by atoms with Gasteiger partial charge in [-0.2, -0.15) is 8.78 Å². The molecule has 2 aromatic rings. The van der Waals surface area contributed by atoms with Gasteiger partial charge in [0.1, 0.15) is 16.6 Å². The normalized spacial score (nSPS) is 27.2. The van der Waals surface area contributed by atoms with E-state index >= 15 is 0 Å². The maximum absolute atomic E-state index is 14.8. The molecule has 0 aliphatic carbocycles. The number of thioether (sulfide) groups is 1. The Labute approximate surface area is 177 Å². The van der Waals surface area contributed by atoms with Crippen LogP contribution in [0.4, 0.5) is 17.6 Å². The summed E-state index contributed by atoms with van der Waals surface area (Å²) in [7, 11) is 2.46. The number of furan rings is 1. The Morgan fingerprint density at radius 2 is 2.03 bits per heavy atom. The minimum atomic E-state index is -4.74. The van der Waals surface area contributed by atoms with Crippen LogP contribution in [-0.2, 0) is 15.1 Å². The van der Waals surface area contributed by atoms with Crippen molar-refractivity contribution in [2.75, 3.05) is 20.8 Å². The van der Waals surface area contributed by atoms with E-state index in [9.17, 15) is 27.5 Å². The molecular formula is C19H18F4O7S. The first-order valence-electron chi connectivity index (χ1n) is 9.15. The van der Waals surface area contributed by atoms with Crippen molar-refractivity contribution in [3.63, 3.8) is 0 Å². The van der Waals surface area contributed by atoms with Gasteiger partial charge in [0.2, 0.25) is 10.7 Å². The van der Waals surface area contributed by atoms with E-state index in [2.05, 4.69) is 0 Å². The van der Waals surface area contributed by atoms with Crippen LogP contribution in [0.25, 0.3) is 11.0 Å². The number of hydrogen-bond donors (Lipinski definition) is 1. The van der Waals surface area contributed by atoms with Gasteiger partial charge < -0.3 is 28.5 Å². The maximum atomic E-state index is 14.8. The van der Waals surface area contributed by atoms with Crippen molar-refractivity contribution in [3.05, 3.63) is 17.9 Å². The number of hydrogen-bond acceptors (Lipinski definition) is 8. The monoisotopic (exact) mass is 466 g/mol. The first-order valence-corrected chi connectivity index (χ1v) is 10.0. The molecule has 7 nitrogen and oxygen atoms in total. The highest BCUT2D eigenvalue weighted by atomic mass is 32.2. The Morgan fingerprint density at radius 1 is 1.35 bits per heavy atom. The summed E-state index contributed by atoms with van der Waals surface area (Å²) in [5.74, 6) is -6.47. The zero-order valence-electron chi connectivity index (χ0n) is 16.5. The summed E-state index contributed by atoms with van der Waals surface area (Å²) in [5, 5.41) is 10.2. The van der Waals surface area contributed by atoms with Crippen LogP contribution in [0.3, 0.4) is 0 Å². The van der Waals surface area contributed by atoms with E-state index in [4.69, 9.17) is 23.4 Å². The van der Waals surface area contributed by atoms with Gasteiger partial charge in [0.05, 0.1) is 38.0 Å². The van der Waals surface area contributed by atoms with Crippen molar-refractivity contribution in [2.24, 2.45) is 0 Å². The summed E-state index contributed by atoms with van der Waals surface area (Å²) in [6, 6.07) is 1.48. The molecule has 1 fully saturated rings. The molecule has 31 heavy (non-hydrogen) atoms. The third-order valence-corrected chi connectivity index (χ3v) is 7.11. The number of rotatable bonds is 6. The number of fused-ring (bicyclic) bond motifs is 5. The fourth-order valence-corrected chi connectivity index (χ4v) is 5.74. The van der Waals surface area contributed by atoms with Crippen LogP contribution in [0.2, 0.25) is 0 Å². The largest absolute Gasteiger partial charge is 0.495 e. The third-order valence-electron chi connectivity index (χ3n) is 5.41. The summed E-state index contributed by atoms with van der Waals surface area (Å²) in [4.78, 5) is 9.65. The minimum Gasteiger partial charge on any atom is -0.495 e. The summed E-state index contributed by atoms with van der Waals surface area (Å²) >= 11 is 0.0965. The second kappa shape index (κ2) is 7.09. The summed E-state index contributed by atoms with van der Waals surface area (Å²) in [6.07, 6.45) is -3.88. The quantitative estimate of drug-likeness (QED) is 0.510. The number of benzene rings is 1. The van der Waals surface area contributed by atoms with Gasteiger partial charge in [0.15, 0.2) is 11.3 Å². The molecule has 0 spiro atoms. The topological polar surface area (TPSA) is 87.4 Å². The van der Waals surface area contributed by atoms with Crippen LogP contribution < -0.4 is 14.2 Å². The van der Waals surface area contributed by atoms with Crippen molar-refractivity contribution in [1.29, 1.82) is 0 Å². The van der Waals surface area contributed by atoms with E-state index in [-0.39, 0.29) is 41.0 Å². The molecule has 3 atom stereocenters. The highest BCUT2D eigenvalue weighted by Gasteiger charge is 2.76. The van der Waals surface area contributed by atoms with Gasteiger partial charge in [-0.3, -0.25) is 4.79 Å². The smallest absolute Gasteiger partial charge is 0.355 e. The molecule has 3 heterocycles. The lowest BCUT2D eigenvalue weighted by Gasteiger charge is -2.42. The number of aliphatic hydroxyl groups is 1. The molecule has 1 saturated heterocycles. The number of carbonyl (C=O) groups excluding carboxylic acids is 1. The second-order valence-corrected chi connectivity index (χ2v) is 8.43. The average Bonchev–Trinajstić information content (AvgIpc) is 3.28. The molecule has 4 rings (SSSR count). The Hall–Kier alpha value is -2.34. The molecule has 0 unspecified atom stereocenters. The fraction of sp³-hybridized carbons (Fsp3) is 0.526. The lowest BCUT2D eigenvalue weighted by molar-refractivity contribution is -0.213. The highest BCUT2D eigenvalue weighted by Crippen LogP contribution is 2.69. The highest BCUT2D eigenvalue weighted by molar-refractivity contribution is 8.02. The maximum Gasteiger partial charge on any atom is 0.355 e. The molecule has 1 aromatic carbocycles. The summed E-state index contributed by atoms with van der Waals surface area (Å²) in [6.45, 7) is 1.37. The van der Waals surface area contributed by atoms with Gasteiger partial charge in [0, 0.05) is 6.42 Å². The van der Waals surface area contributed by atoms with Gasteiger partial charge in [-0.15, -0.1) is 0 Å². The lowest BCUT2D eigenvalue weighted by Crippen LogP contribution is -2.56. The van der Waals surface area contributed by atoms with E-state index in [0.29, 0.717) is 5.39 Å². The zero-order chi connectivity index (χ0) is 22.8. The van der Waals surface area contributed by atoms with Crippen LogP contribution in [0, 0.1) is 0 Å². The van der Waals surface area contributed by atoms with Crippen molar-refractivity contribution in [3.8, 4) is 17.2 Å². The number of halogens is 4. The number of methoxy groups -OCH3 is 2. The first kappa shape index (κ1) is 21.9. The molecule has 2 aliphatic rings. The predicted octanol–water partition coefficient (Wildman–Crippen LogP) is 3.70. The third kappa shape index (κ3) is 2.73. The summed E-state index contributed by atoms with van der Waals surface area (Å²) in [5.41, 5.74) is -2.52. The van der Waals surface area contributed by atoms with Gasteiger partial charge in [0.25, 0.3) is 0 Å². The number of ether oxygens (including phenoxy) is 4. The van der Waals surface area contributed by atoms with E-state index in [0.717, 1.165) is 0 Å². The first-order chi connectivity index (χ1) is 14.6. The molecule has 1 aromatic heterocycles. The lowest BCUT2D eigenvalue weighted by atomic mass is 9.79. The van der Waals surface area contributed by atoms with Crippen molar-refractivity contribution < 1.29 is 50.8 Å².